The molecule has 0 fully saturated rings. The Morgan fingerprint density at radius 1 is 1.40 bits per heavy atom. The lowest BCUT2D eigenvalue weighted by Crippen LogP contribution is -2.02. The third-order valence-corrected chi connectivity index (χ3v) is 2.70. The first-order valence-electron chi connectivity index (χ1n) is 4.18. The highest BCUT2D eigenvalue weighted by Crippen LogP contribution is 2.31. The monoisotopic (exact) mass is 267 g/mol. The first-order valence-corrected chi connectivity index (χ1v) is 5.37. The van der Waals surface area contributed by atoms with Crippen LogP contribution < -0.4 is 0 Å². The molecule has 6 heteroatoms. The average Bonchev–Trinajstić information content (AvgIpc) is 2.09. The van der Waals surface area contributed by atoms with E-state index in [1.165, 1.54) is 12.1 Å². The maximum absolute atomic E-state index is 10.7. The van der Waals surface area contributed by atoms with Gasteiger partial charge in [0, 0.05) is 17.0 Å². The van der Waals surface area contributed by atoms with E-state index in [2.05, 4.69) is 0 Å². The van der Waals surface area contributed by atoms with Gasteiger partial charge in [0.1, 0.15) is 0 Å². The minimum atomic E-state index is -0.489. The van der Waals surface area contributed by atoms with Crippen LogP contribution in [0.2, 0.25) is 10.0 Å². The molecular weight excluding hydrogens is 260 g/mol. The average molecular weight is 269 g/mol. The number of halogens is 3. The number of hydrogen-bond donors (Lipinski definition) is 0. The second kappa shape index (κ2) is 5.01. The summed E-state index contributed by atoms with van der Waals surface area (Å²) in [5.41, 5.74) is 0.453. The Kier molecular flexibility index (Phi) is 4.20. The lowest BCUT2D eigenvalue weighted by Gasteiger charge is -2.06. The lowest BCUT2D eigenvalue weighted by molar-refractivity contribution is -0.385. The Bertz CT molecular complexity index is 393. The van der Waals surface area contributed by atoms with Crippen molar-refractivity contribution in [2.75, 3.05) is 0 Å². The van der Waals surface area contributed by atoms with Gasteiger partial charge >= 0.3 is 0 Å². The van der Waals surface area contributed by atoms with Crippen LogP contribution in [0, 0.1) is 10.1 Å². The predicted molar refractivity (Wildman–Crippen MR) is 62.1 cm³/mol. The van der Waals surface area contributed by atoms with Gasteiger partial charge in [-0.2, -0.15) is 0 Å². The number of nitro groups is 1. The van der Waals surface area contributed by atoms with Crippen LogP contribution >= 0.6 is 34.8 Å². The normalized spacial score (nSPS) is 12.5. The molecule has 0 N–H and O–H groups in total. The first kappa shape index (κ1) is 12.6. The Balaban J connectivity index is 3.22. The van der Waals surface area contributed by atoms with Crippen molar-refractivity contribution in [2.24, 2.45) is 0 Å². The quantitative estimate of drug-likeness (QED) is 0.471. The minimum Gasteiger partial charge on any atom is -0.258 e. The van der Waals surface area contributed by atoms with Gasteiger partial charge in [-0.1, -0.05) is 23.2 Å². The van der Waals surface area contributed by atoms with Gasteiger partial charge in [0.15, 0.2) is 0 Å². The molecule has 0 aliphatic heterocycles. The summed E-state index contributed by atoms with van der Waals surface area (Å²) < 4.78 is 0. The molecule has 0 aliphatic rings. The molecule has 0 heterocycles. The topological polar surface area (TPSA) is 43.1 Å². The van der Waals surface area contributed by atoms with Crippen LogP contribution in [-0.4, -0.2) is 10.3 Å². The van der Waals surface area contributed by atoms with Gasteiger partial charge in [-0.25, -0.2) is 0 Å². The largest absolute Gasteiger partial charge is 0.274 e. The summed E-state index contributed by atoms with van der Waals surface area (Å²) in [6.45, 7) is 1.76. The maximum atomic E-state index is 10.7. The highest BCUT2D eigenvalue weighted by molar-refractivity contribution is 6.42. The summed E-state index contributed by atoms with van der Waals surface area (Å²) in [7, 11) is 0. The van der Waals surface area contributed by atoms with Gasteiger partial charge in [0.2, 0.25) is 0 Å². The van der Waals surface area contributed by atoms with E-state index in [9.17, 15) is 10.1 Å². The summed E-state index contributed by atoms with van der Waals surface area (Å²) in [6.07, 6.45) is 0.384. The van der Waals surface area contributed by atoms with Crippen LogP contribution in [0.1, 0.15) is 12.5 Å². The van der Waals surface area contributed by atoms with Crippen LogP contribution in [0.3, 0.4) is 0 Å². The van der Waals surface area contributed by atoms with Gasteiger partial charge in [-0.3, -0.25) is 10.1 Å². The zero-order chi connectivity index (χ0) is 11.6. The smallest absolute Gasteiger partial charge is 0.258 e. The zero-order valence-electron chi connectivity index (χ0n) is 7.84. The molecule has 1 aromatic carbocycles. The molecule has 1 aromatic rings. The molecule has 0 saturated carbocycles. The van der Waals surface area contributed by atoms with Crippen molar-refractivity contribution < 1.29 is 4.92 Å². The second-order valence-corrected chi connectivity index (χ2v) is 4.70. The van der Waals surface area contributed by atoms with Crippen molar-refractivity contribution in [1.82, 2.24) is 0 Å². The number of hydrogen-bond acceptors (Lipinski definition) is 2. The number of alkyl halides is 1. The molecule has 0 aliphatic carbocycles. The Hall–Kier alpha value is -0.510. The molecule has 0 aromatic heterocycles. The van der Waals surface area contributed by atoms with Crippen LogP contribution in [0.25, 0.3) is 0 Å². The summed E-state index contributed by atoms with van der Waals surface area (Å²) in [6, 6.07) is 2.74. The van der Waals surface area contributed by atoms with E-state index in [0.29, 0.717) is 17.0 Å². The van der Waals surface area contributed by atoms with Crippen molar-refractivity contribution >= 4 is 40.5 Å². The molecule has 1 atom stereocenters. The third-order valence-electron chi connectivity index (χ3n) is 1.82. The van der Waals surface area contributed by atoms with E-state index >= 15 is 0 Å². The van der Waals surface area contributed by atoms with E-state index in [1.54, 1.807) is 6.92 Å². The van der Waals surface area contributed by atoms with Crippen molar-refractivity contribution in [3.63, 3.8) is 0 Å². The standard InChI is InChI=1S/C9H8Cl3NO2/c1-5(10)2-6-3-7(11)8(12)4-9(6)13(14)15/h3-5H,2H2,1H3. The Morgan fingerprint density at radius 2 is 1.93 bits per heavy atom. The minimum absolute atomic E-state index is 0.0445. The SMILES string of the molecule is CC(Cl)Cc1cc(Cl)c(Cl)cc1[N+](=O)[O-]. The fourth-order valence-corrected chi connectivity index (χ4v) is 1.72. The van der Waals surface area contributed by atoms with E-state index in [1.807, 2.05) is 0 Å². The summed E-state index contributed by atoms with van der Waals surface area (Å²) in [5, 5.41) is 11.0. The van der Waals surface area contributed by atoms with E-state index in [-0.39, 0.29) is 16.1 Å². The van der Waals surface area contributed by atoms with Gasteiger partial charge in [-0.15, -0.1) is 11.6 Å². The van der Waals surface area contributed by atoms with Crippen LogP contribution in [0.15, 0.2) is 12.1 Å². The molecule has 82 valence electrons. The molecular formula is C9H8Cl3NO2. The highest BCUT2D eigenvalue weighted by atomic mass is 35.5. The van der Waals surface area contributed by atoms with Crippen LogP contribution in [0.5, 0.6) is 0 Å². The highest BCUT2D eigenvalue weighted by Gasteiger charge is 2.17. The van der Waals surface area contributed by atoms with Gasteiger partial charge < -0.3 is 0 Å². The summed E-state index contributed by atoms with van der Waals surface area (Å²) in [5.74, 6) is 0. The number of benzene rings is 1. The summed E-state index contributed by atoms with van der Waals surface area (Å²) in [4.78, 5) is 10.2. The first-order chi connectivity index (χ1) is 6.91. The van der Waals surface area contributed by atoms with Crippen molar-refractivity contribution in [2.45, 2.75) is 18.7 Å². The maximum Gasteiger partial charge on any atom is 0.274 e. The predicted octanol–water partition coefficient (Wildman–Crippen LogP) is 4.07. The lowest BCUT2D eigenvalue weighted by atomic mass is 10.1. The molecule has 0 amide bonds. The van der Waals surface area contributed by atoms with Crippen LogP contribution in [0.4, 0.5) is 5.69 Å². The Labute approximate surface area is 102 Å². The van der Waals surface area contributed by atoms with Crippen LogP contribution in [-0.2, 0) is 6.42 Å². The van der Waals surface area contributed by atoms with Crippen molar-refractivity contribution in [3.05, 3.63) is 37.9 Å². The number of rotatable bonds is 3. The molecule has 0 spiro atoms. The fraction of sp³-hybridized carbons (Fsp3) is 0.333. The van der Waals surface area contributed by atoms with Gasteiger partial charge in [0.25, 0.3) is 5.69 Å². The van der Waals surface area contributed by atoms with E-state index in [0.717, 1.165) is 0 Å². The molecule has 15 heavy (non-hydrogen) atoms. The van der Waals surface area contributed by atoms with E-state index in [4.69, 9.17) is 34.8 Å². The Morgan fingerprint density at radius 3 is 2.40 bits per heavy atom. The molecule has 3 nitrogen and oxygen atoms in total. The fourth-order valence-electron chi connectivity index (χ4n) is 1.21. The summed E-state index contributed by atoms with van der Waals surface area (Å²) >= 11 is 17.3. The molecule has 0 bridgehead atoms. The van der Waals surface area contributed by atoms with Crippen molar-refractivity contribution in [1.29, 1.82) is 0 Å². The molecule has 1 rings (SSSR count). The van der Waals surface area contributed by atoms with Gasteiger partial charge in [-0.05, 0) is 19.4 Å². The second-order valence-electron chi connectivity index (χ2n) is 3.14. The van der Waals surface area contributed by atoms with Crippen molar-refractivity contribution in [3.8, 4) is 0 Å². The zero-order valence-corrected chi connectivity index (χ0v) is 10.1. The molecule has 0 saturated heterocycles. The van der Waals surface area contributed by atoms with E-state index < -0.39 is 4.92 Å². The molecule has 1 unspecified atom stereocenters. The molecule has 0 radical (unpaired) electrons. The third kappa shape index (κ3) is 3.23. The van der Waals surface area contributed by atoms with Gasteiger partial charge in [0.05, 0.1) is 15.0 Å². The number of nitro benzene ring substituents is 1. The number of nitrogens with zero attached hydrogens (tertiary/aromatic N) is 1.